The second-order valence-electron chi connectivity index (χ2n) is 5.04. The molecular weight excluding hydrogens is 318 g/mol. The summed E-state index contributed by atoms with van der Waals surface area (Å²) in [5.74, 6) is 1.33. The van der Waals surface area contributed by atoms with Crippen LogP contribution in [0.4, 0.5) is 0 Å². The first kappa shape index (κ1) is 18.1. The number of carbonyl (C=O) groups is 1. The molecule has 0 saturated heterocycles. The molecule has 0 aromatic heterocycles. The van der Waals surface area contributed by atoms with Crippen LogP contribution in [0.2, 0.25) is 0 Å². The van der Waals surface area contributed by atoms with E-state index in [4.69, 9.17) is 14.2 Å². The van der Waals surface area contributed by atoms with Crippen molar-refractivity contribution in [3.8, 4) is 23.3 Å². The predicted octanol–water partition coefficient (Wildman–Crippen LogP) is 3.89. The lowest BCUT2D eigenvalue weighted by atomic mass is 10.0. The third-order valence-electron chi connectivity index (χ3n) is 3.53. The predicted molar refractivity (Wildman–Crippen MR) is 95.1 cm³/mol. The minimum atomic E-state index is -0.367. The topological polar surface area (TPSA) is 68.5 Å². The van der Waals surface area contributed by atoms with Gasteiger partial charge in [-0.1, -0.05) is 12.1 Å². The Morgan fingerprint density at radius 2 is 1.84 bits per heavy atom. The molecule has 0 saturated carbocycles. The van der Waals surface area contributed by atoms with Crippen molar-refractivity contribution in [2.45, 2.75) is 6.92 Å². The van der Waals surface area contributed by atoms with Crippen molar-refractivity contribution in [3.05, 3.63) is 59.2 Å². The highest BCUT2D eigenvalue weighted by molar-refractivity contribution is 6.14. The minimum Gasteiger partial charge on any atom is -0.497 e. The number of rotatable bonds is 7. The zero-order valence-electron chi connectivity index (χ0n) is 14.4. The number of hydrogen-bond donors (Lipinski definition) is 0. The van der Waals surface area contributed by atoms with Gasteiger partial charge in [0.25, 0.3) is 0 Å². The van der Waals surface area contributed by atoms with Crippen LogP contribution in [-0.2, 0) is 0 Å². The van der Waals surface area contributed by atoms with E-state index in [1.165, 1.54) is 13.2 Å². The Labute approximate surface area is 147 Å². The standard InChI is InChI=1S/C20H19NO4/c1-4-25-18-7-5-6-15(20(18)24-3)12-16(13-21)19(22)14-8-10-17(23-2)11-9-14/h5-12H,4H2,1-3H3/b16-12+. The smallest absolute Gasteiger partial charge is 0.203 e. The lowest BCUT2D eigenvalue weighted by Crippen LogP contribution is -2.02. The number of nitrogens with zero attached hydrogens (tertiary/aromatic N) is 1. The lowest BCUT2D eigenvalue weighted by Gasteiger charge is -2.11. The summed E-state index contributed by atoms with van der Waals surface area (Å²) in [6, 6.07) is 13.9. The van der Waals surface area contributed by atoms with Gasteiger partial charge in [-0.3, -0.25) is 4.79 Å². The zero-order chi connectivity index (χ0) is 18.2. The van der Waals surface area contributed by atoms with Gasteiger partial charge < -0.3 is 14.2 Å². The van der Waals surface area contributed by atoms with E-state index >= 15 is 0 Å². The van der Waals surface area contributed by atoms with Crippen LogP contribution in [0.3, 0.4) is 0 Å². The SMILES string of the molecule is CCOc1cccc(/C=C(\C#N)C(=O)c2ccc(OC)cc2)c1OC. The number of benzene rings is 2. The van der Waals surface area contributed by atoms with Gasteiger partial charge in [0.15, 0.2) is 11.5 Å². The van der Waals surface area contributed by atoms with E-state index in [9.17, 15) is 10.1 Å². The second kappa shape index (κ2) is 8.55. The quantitative estimate of drug-likeness (QED) is 0.435. The summed E-state index contributed by atoms with van der Waals surface area (Å²) in [6.07, 6.45) is 1.51. The Kier molecular flexibility index (Phi) is 6.19. The Balaban J connectivity index is 2.41. The molecule has 0 aliphatic heterocycles. The van der Waals surface area contributed by atoms with Gasteiger partial charge in [-0.05, 0) is 43.3 Å². The van der Waals surface area contributed by atoms with Crippen LogP contribution in [0, 0.1) is 11.3 Å². The fourth-order valence-corrected chi connectivity index (χ4v) is 2.34. The van der Waals surface area contributed by atoms with Gasteiger partial charge in [0.1, 0.15) is 17.4 Å². The Bertz CT molecular complexity index is 817. The normalized spacial score (nSPS) is 10.7. The van der Waals surface area contributed by atoms with E-state index in [0.717, 1.165) is 0 Å². The van der Waals surface area contributed by atoms with E-state index in [0.29, 0.717) is 35.0 Å². The molecule has 5 nitrogen and oxygen atoms in total. The molecule has 2 aromatic carbocycles. The summed E-state index contributed by atoms with van der Waals surface area (Å²) in [5.41, 5.74) is 1.03. The van der Waals surface area contributed by atoms with Crippen LogP contribution < -0.4 is 14.2 Å². The van der Waals surface area contributed by atoms with Crippen LogP contribution in [0.15, 0.2) is 48.0 Å². The van der Waals surface area contributed by atoms with Crippen LogP contribution in [-0.4, -0.2) is 26.6 Å². The maximum atomic E-state index is 12.6. The molecule has 0 radical (unpaired) electrons. The van der Waals surface area contributed by atoms with Crippen LogP contribution in [0.5, 0.6) is 17.2 Å². The van der Waals surface area contributed by atoms with Crippen molar-refractivity contribution in [1.29, 1.82) is 5.26 Å². The summed E-state index contributed by atoms with van der Waals surface area (Å²) in [7, 11) is 3.07. The molecule has 2 rings (SSSR count). The molecule has 2 aromatic rings. The molecule has 0 unspecified atom stereocenters. The van der Waals surface area contributed by atoms with Crippen LogP contribution in [0.1, 0.15) is 22.8 Å². The highest BCUT2D eigenvalue weighted by atomic mass is 16.5. The van der Waals surface area contributed by atoms with Gasteiger partial charge in [0.05, 0.1) is 20.8 Å². The molecule has 0 aliphatic rings. The van der Waals surface area contributed by atoms with E-state index in [1.54, 1.807) is 49.6 Å². The molecule has 0 fully saturated rings. The van der Waals surface area contributed by atoms with Gasteiger partial charge in [0, 0.05) is 11.1 Å². The van der Waals surface area contributed by atoms with Crippen molar-refractivity contribution in [2.24, 2.45) is 0 Å². The number of ketones is 1. The van der Waals surface area contributed by atoms with Crippen molar-refractivity contribution < 1.29 is 19.0 Å². The second-order valence-corrected chi connectivity index (χ2v) is 5.04. The molecule has 0 N–H and O–H groups in total. The third-order valence-corrected chi connectivity index (χ3v) is 3.53. The fraction of sp³-hybridized carbons (Fsp3) is 0.200. The molecular formula is C20H19NO4. The molecule has 5 heteroatoms. The molecule has 0 atom stereocenters. The average Bonchev–Trinajstić information content (AvgIpc) is 2.66. The Morgan fingerprint density at radius 3 is 2.40 bits per heavy atom. The largest absolute Gasteiger partial charge is 0.497 e. The number of allylic oxidation sites excluding steroid dienone is 1. The van der Waals surface area contributed by atoms with Gasteiger partial charge in [-0.25, -0.2) is 0 Å². The first-order valence-corrected chi connectivity index (χ1v) is 7.75. The summed E-state index contributed by atoms with van der Waals surface area (Å²) in [4.78, 5) is 12.6. The first-order valence-electron chi connectivity index (χ1n) is 7.75. The van der Waals surface area contributed by atoms with E-state index in [1.807, 2.05) is 13.0 Å². The minimum absolute atomic E-state index is 0.0112. The summed E-state index contributed by atoms with van der Waals surface area (Å²) < 4.78 is 16.0. The van der Waals surface area contributed by atoms with Gasteiger partial charge in [-0.2, -0.15) is 5.26 Å². The first-order chi connectivity index (χ1) is 12.1. The number of Topliss-reactive ketones (excluding diaryl/α,β-unsaturated/α-hetero) is 1. The van der Waals surface area contributed by atoms with E-state index in [2.05, 4.69) is 0 Å². The van der Waals surface area contributed by atoms with E-state index in [-0.39, 0.29) is 11.4 Å². The number of methoxy groups -OCH3 is 2. The summed E-state index contributed by atoms with van der Waals surface area (Å²) in [6.45, 7) is 2.36. The Hall–Kier alpha value is -3.26. The number of carbonyl (C=O) groups excluding carboxylic acids is 1. The van der Waals surface area contributed by atoms with Crippen molar-refractivity contribution in [3.63, 3.8) is 0 Å². The molecule has 0 amide bonds. The lowest BCUT2D eigenvalue weighted by molar-refractivity contribution is 0.104. The maximum Gasteiger partial charge on any atom is 0.203 e. The molecule has 128 valence electrons. The van der Waals surface area contributed by atoms with Crippen molar-refractivity contribution >= 4 is 11.9 Å². The Morgan fingerprint density at radius 1 is 1.12 bits per heavy atom. The fourth-order valence-electron chi connectivity index (χ4n) is 2.34. The molecule has 0 spiro atoms. The average molecular weight is 337 g/mol. The number of para-hydroxylation sites is 1. The van der Waals surface area contributed by atoms with Gasteiger partial charge in [0.2, 0.25) is 5.78 Å². The number of nitriles is 1. The number of ether oxygens (including phenoxy) is 3. The summed E-state index contributed by atoms with van der Waals surface area (Å²) >= 11 is 0. The molecule has 25 heavy (non-hydrogen) atoms. The highest BCUT2D eigenvalue weighted by Crippen LogP contribution is 2.32. The molecule has 0 aliphatic carbocycles. The van der Waals surface area contributed by atoms with Gasteiger partial charge >= 0.3 is 0 Å². The van der Waals surface area contributed by atoms with E-state index < -0.39 is 0 Å². The zero-order valence-corrected chi connectivity index (χ0v) is 14.4. The molecule has 0 bridgehead atoms. The monoisotopic (exact) mass is 337 g/mol. The highest BCUT2D eigenvalue weighted by Gasteiger charge is 2.15. The number of hydrogen-bond acceptors (Lipinski definition) is 5. The maximum absolute atomic E-state index is 12.6. The van der Waals surface area contributed by atoms with Gasteiger partial charge in [-0.15, -0.1) is 0 Å². The van der Waals surface area contributed by atoms with Crippen molar-refractivity contribution in [2.75, 3.05) is 20.8 Å². The third kappa shape index (κ3) is 4.18. The van der Waals surface area contributed by atoms with Crippen molar-refractivity contribution in [1.82, 2.24) is 0 Å². The van der Waals surface area contributed by atoms with Crippen LogP contribution >= 0.6 is 0 Å². The summed E-state index contributed by atoms with van der Waals surface area (Å²) in [5, 5.41) is 9.42. The molecule has 0 heterocycles. The van der Waals surface area contributed by atoms with Crippen LogP contribution in [0.25, 0.3) is 6.08 Å².